The second-order valence-corrected chi connectivity index (χ2v) is 7.70. The van der Waals surface area contributed by atoms with Gasteiger partial charge >= 0.3 is 0 Å². The Bertz CT molecular complexity index is 864. The number of aryl methyl sites for hydroxylation is 1. The fourth-order valence-electron chi connectivity index (χ4n) is 3.25. The quantitative estimate of drug-likeness (QED) is 0.919. The Morgan fingerprint density at radius 1 is 1.17 bits per heavy atom. The van der Waals surface area contributed by atoms with Gasteiger partial charge in [0.2, 0.25) is 10.0 Å². The molecule has 0 aliphatic carbocycles. The first-order chi connectivity index (χ1) is 11.0. The van der Waals surface area contributed by atoms with E-state index in [-0.39, 0.29) is 6.17 Å². The number of ether oxygens (including phenoxy) is 1. The molecule has 1 fully saturated rings. The van der Waals surface area contributed by atoms with Gasteiger partial charge in [-0.3, -0.25) is 0 Å². The molecule has 2 aromatic carbocycles. The number of rotatable bonds is 2. The van der Waals surface area contributed by atoms with E-state index in [0.29, 0.717) is 16.4 Å². The van der Waals surface area contributed by atoms with Crippen molar-refractivity contribution in [1.82, 2.24) is 4.72 Å². The molecule has 2 aliphatic rings. The highest BCUT2D eigenvalue weighted by Crippen LogP contribution is 2.38. The van der Waals surface area contributed by atoms with Gasteiger partial charge in [-0.2, -0.15) is 4.72 Å². The summed E-state index contributed by atoms with van der Waals surface area (Å²) in [6.45, 7) is 2.86. The zero-order valence-electron chi connectivity index (χ0n) is 12.8. The summed E-state index contributed by atoms with van der Waals surface area (Å²) in [5.74, 6) is 1.22. The molecule has 6 heteroatoms. The number of fused-ring (bicyclic) bond motifs is 3. The van der Waals surface area contributed by atoms with Crippen molar-refractivity contribution in [2.75, 3.05) is 11.4 Å². The van der Waals surface area contributed by atoms with Crippen molar-refractivity contribution in [3.63, 3.8) is 0 Å². The number of nitrogens with one attached hydrogen (secondary N) is 1. The van der Waals surface area contributed by atoms with Crippen LogP contribution in [0.4, 0.5) is 5.69 Å². The van der Waals surface area contributed by atoms with E-state index >= 15 is 0 Å². The Hall–Kier alpha value is -2.05. The molecule has 2 aliphatic heterocycles. The van der Waals surface area contributed by atoms with Gasteiger partial charge in [0, 0.05) is 12.6 Å². The van der Waals surface area contributed by atoms with Crippen LogP contribution >= 0.6 is 0 Å². The molecule has 2 heterocycles. The lowest BCUT2D eigenvalue weighted by atomic mass is 10.2. The van der Waals surface area contributed by atoms with E-state index in [1.807, 2.05) is 43.3 Å². The van der Waals surface area contributed by atoms with Crippen LogP contribution in [-0.4, -0.2) is 21.1 Å². The summed E-state index contributed by atoms with van der Waals surface area (Å²) in [6.07, 6.45) is 1.73. The average molecular weight is 330 g/mol. The maximum absolute atomic E-state index is 12.5. The SMILES string of the molecule is Cc1cccc(Oc2ccc3c(c2)S(=O)(=O)NC2CCCN32)c1. The number of hydrogen-bond donors (Lipinski definition) is 1. The van der Waals surface area contributed by atoms with E-state index in [9.17, 15) is 8.42 Å². The van der Waals surface area contributed by atoms with Crippen LogP contribution in [0.25, 0.3) is 0 Å². The zero-order valence-corrected chi connectivity index (χ0v) is 13.6. The summed E-state index contributed by atoms with van der Waals surface area (Å²) in [6, 6.07) is 13.0. The molecule has 1 atom stereocenters. The first-order valence-corrected chi connectivity index (χ1v) is 9.19. The molecule has 0 spiro atoms. The molecule has 2 aromatic rings. The minimum absolute atomic E-state index is 0.115. The molecule has 120 valence electrons. The summed E-state index contributed by atoms with van der Waals surface area (Å²) in [4.78, 5) is 2.41. The molecule has 1 saturated heterocycles. The largest absolute Gasteiger partial charge is 0.457 e. The fraction of sp³-hybridized carbons (Fsp3) is 0.294. The van der Waals surface area contributed by atoms with E-state index in [4.69, 9.17) is 4.74 Å². The lowest BCUT2D eigenvalue weighted by Gasteiger charge is -2.33. The van der Waals surface area contributed by atoms with Crippen molar-refractivity contribution in [2.24, 2.45) is 0 Å². The maximum Gasteiger partial charge on any atom is 0.244 e. The van der Waals surface area contributed by atoms with Gasteiger partial charge in [-0.1, -0.05) is 12.1 Å². The van der Waals surface area contributed by atoms with Crippen LogP contribution in [0.1, 0.15) is 18.4 Å². The van der Waals surface area contributed by atoms with Crippen molar-refractivity contribution < 1.29 is 13.2 Å². The van der Waals surface area contributed by atoms with Crippen LogP contribution in [0.3, 0.4) is 0 Å². The second kappa shape index (κ2) is 5.25. The topological polar surface area (TPSA) is 58.6 Å². The Kier molecular flexibility index (Phi) is 3.32. The van der Waals surface area contributed by atoms with Gasteiger partial charge in [-0.05, 0) is 49.6 Å². The predicted molar refractivity (Wildman–Crippen MR) is 88.4 cm³/mol. The third-order valence-corrected chi connectivity index (χ3v) is 5.79. The van der Waals surface area contributed by atoms with Gasteiger partial charge < -0.3 is 9.64 Å². The third kappa shape index (κ3) is 2.58. The summed E-state index contributed by atoms with van der Waals surface area (Å²) in [7, 11) is -3.49. The number of hydrogen-bond acceptors (Lipinski definition) is 4. The molecular formula is C17H18N2O3S. The molecular weight excluding hydrogens is 312 g/mol. The third-order valence-electron chi connectivity index (χ3n) is 4.30. The number of anilines is 1. The van der Waals surface area contributed by atoms with E-state index in [1.54, 1.807) is 6.07 Å². The van der Waals surface area contributed by atoms with Crippen LogP contribution in [0, 0.1) is 6.92 Å². The van der Waals surface area contributed by atoms with Crippen LogP contribution < -0.4 is 14.4 Å². The summed E-state index contributed by atoms with van der Waals surface area (Å²) in [5.41, 5.74) is 1.86. The molecule has 23 heavy (non-hydrogen) atoms. The Morgan fingerprint density at radius 3 is 2.83 bits per heavy atom. The standard InChI is InChI=1S/C17H18N2O3S/c1-12-4-2-5-13(10-12)22-14-7-8-15-16(11-14)23(20,21)18-17-6-3-9-19(15)17/h2,4-5,7-8,10-11,17-18H,3,6,9H2,1H3. The van der Waals surface area contributed by atoms with Gasteiger partial charge in [0.15, 0.2) is 0 Å². The van der Waals surface area contributed by atoms with Crippen LogP contribution in [0.15, 0.2) is 47.4 Å². The molecule has 0 radical (unpaired) electrons. The number of nitrogens with zero attached hydrogens (tertiary/aromatic N) is 1. The van der Waals surface area contributed by atoms with E-state index in [0.717, 1.165) is 30.6 Å². The van der Waals surface area contributed by atoms with Crippen molar-refractivity contribution in [3.05, 3.63) is 48.0 Å². The van der Waals surface area contributed by atoms with E-state index in [1.165, 1.54) is 0 Å². The first kappa shape index (κ1) is 14.5. The van der Waals surface area contributed by atoms with Crippen molar-refractivity contribution >= 4 is 15.7 Å². The van der Waals surface area contributed by atoms with E-state index in [2.05, 4.69) is 9.62 Å². The molecule has 0 saturated carbocycles. The number of benzene rings is 2. The molecule has 1 unspecified atom stereocenters. The van der Waals surface area contributed by atoms with Crippen molar-refractivity contribution in [2.45, 2.75) is 30.8 Å². The average Bonchev–Trinajstić information content (AvgIpc) is 2.95. The molecule has 0 aromatic heterocycles. The summed E-state index contributed by atoms with van der Waals surface area (Å²) >= 11 is 0. The predicted octanol–water partition coefficient (Wildman–Crippen LogP) is 3.01. The minimum Gasteiger partial charge on any atom is -0.457 e. The molecule has 5 nitrogen and oxygen atoms in total. The molecule has 1 N–H and O–H groups in total. The van der Waals surface area contributed by atoms with Crippen molar-refractivity contribution in [3.8, 4) is 11.5 Å². The molecule has 0 bridgehead atoms. The second-order valence-electron chi connectivity index (χ2n) is 6.02. The smallest absolute Gasteiger partial charge is 0.244 e. The summed E-state index contributed by atoms with van der Waals surface area (Å²) < 4.78 is 33.5. The van der Waals surface area contributed by atoms with Gasteiger partial charge in [-0.15, -0.1) is 0 Å². The van der Waals surface area contributed by atoms with Crippen LogP contribution in [0.2, 0.25) is 0 Å². The van der Waals surface area contributed by atoms with E-state index < -0.39 is 10.0 Å². The van der Waals surface area contributed by atoms with Crippen LogP contribution in [0.5, 0.6) is 11.5 Å². The van der Waals surface area contributed by atoms with Crippen molar-refractivity contribution in [1.29, 1.82) is 0 Å². The van der Waals surface area contributed by atoms with Crippen LogP contribution in [-0.2, 0) is 10.0 Å². The Balaban J connectivity index is 1.73. The van der Waals surface area contributed by atoms with Gasteiger partial charge in [0.25, 0.3) is 0 Å². The number of sulfonamides is 1. The monoisotopic (exact) mass is 330 g/mol. The maximum atomic E-state index is 12.5. The highest BCUT2D eigenvalue weighted by atomic mass is 32.2. The zero-order chi connectivity index (χ0) is 16.0. The minimum atomic E-state index is -3.49. The normalized spacial score (nSPS) is 21.6. The lowest BCUT2D eigenvalue weighted by molar-refractivity contribution is 0.478. The summed E-state index contributed by atoms with van der Waals surface area (Å²) in [5, 5.41) is 0. The fourth-order valence-corrected chi connectivity index (χ4v) is 4.71. The Labute approximate surface area is 135 Å². The molecule has 4 rings (SSSR count). The highest BCUT2D eigenvalue weighted by molar-refractivity contribution is 7.89. The van der Waals surface area contributed by atoms with Gasteiger partial charge in [-0.25, -0.2) is 8.42 Å². The van der Waals surface area contributed by atoms with Gasteiger partial charge in [0.1, 0.15) is 16.4 Å². The lowest BCUT2D eigenvalue weighted by Crippen LogP contribution is -2.48. The Morgan fingerprint density at radius 2 is 2.00 bits per heavy atom. The molecule has 0 amide bonds. The highest BCUT2D eigenvalue weighted by Gasteiger charge is 2.37. The first-order valence-electron chi connectivity index (χ1n) is 7.70. The van der Waals surface area contributed by atoms with Gasteiger partial charge in [0.05, 0.1) is 11.9 Å².